The molecule has 23 heavy (non-hydrogen) atoms. The average molecular weight is 331 g/mol. The summed E-state index contributed by atoms with van der Waals surface area (Å²) >= 11 is 1.98. The van der Waals surface area contributed by atoms with E-state index >= 15 is 0 Å². The van der Waals surface area contributed by atoms with E-state index in [2.05, 4.69) is 37.5 Å². The highest BCUT2D eigenvalue weighted by Crippen LogP contribution is 2.27. The third-order valence-electron chi connectivity index (χ3n) is 4.37. The van der Waals surface area contributed by atoms with Crippen molar-refractivity contribution >= 4 is 23.4 Å². The van der Waals surface area contributed by atoms with Crippen LogP contribution in [0.2, 0.25) is 0 Å². The maximum atomic E-state index is 4.62. The molecule has 0 spiro atoms. The first-order valence-electron chi connectivity index (χ1n) is 8.21. The van der Waals surface area contributed by atoms with Gasteiger partial charge >= 0.3 is 0 Å². The Bertz CT molecular complexity index is 633. The van der Waals surface area contributed by atoms with Crippen LogP contribution in [-0.4, -0.2) is 46.5 Å². The van der Waals surface area contributed by atoms with E-state index in [4.69, 9.17) is 0 Å². The summed E-state index contributed by atoms with van der Waals surface area (Å²) in [7, 11) is 1.83. The number of nitrogens with one attached hydrogen (secondary N) is 2. The minimum atomic E-state index is 0.550. The maximum Gasteiger partial charge on any atom is 0.191 e. The van der Waals surface area contributed by atoms with Crippen molar-refractivity contribution in [2.45, 2.75) is 37.0 Å². The number of aliphatic imine (C=N–C) groups is 1. The lowest BCUT2D eigenvalue weighted by Crippen LogP contribution is -2.43. The van der Waals surface area contributed by atoms with Crippen molar-refractivity contribution in [3.63, 3.8) is 0 Å². The van der Waals surface area contributed by atoms with Crippen LogP contribution in [0.3, 0.4) is 0 Å². The zero-order chi connectivity index (χ0) is 16.1. The number of nitrogens with zero attached hydrogens (tertiary/aromatic N) is 3. The Labute approximate surface area is 142 Å². The molecule has 2 unspecified atom stereocenters. The quantitative estimate of drug-likeness (QED) is 0.652. The fraction of sp³-hybridized carbons (Fsp3) is 0.529. The Kier molecular flexibility index (Phi) is 5.43. The van der Waals surface area contributed by atoms with Crippen LogP contribution in [0.1, 0.15) is 25.0 Å². The van der Waals surface area contributed by atoms with Crippen LogP contribution in [0.25, 0.3) is 5.65 Å². The molecule has 2 N–H and O–H groups in total. The Hall–Kier alpha value is -1.69. The molecule has 1 fully saturated rings. The van der Waals surface area contributed by atoms with Crippen LogP contribution in [0.5, 0.6) is 0 Å². The lowest BCUT2D eigenvalue weighted by molar-refractivity contribution is 0.614. The van der Waals surface area contributed by atoms with E-state index in [1.807, 2.05) is 43.2 Å². The van der Waals surface area contributed by atoms with Crippen molar-refractivity contribution in [2.75, 3.05) is 19.8 Å². The lowest BCUT2D eigenvalue weighted by atomic mass is 10.2. The monoisotopic (exact) mass is 331 g/mol. The van der Waals surface area contributed by atoms with Gasteiger partial charge in [0.2, 0.25) is 0 Å². The first-order chi connectivity index (χ1) is 11.3. The standard InChI is InChI=1S/C17H25N5S/c1-18-17(21-13-6-7-15(11-13)23-2)19-9-8-14-12-22-10-4-3-5-16(22)20-14/h3-5,10,12-13,15H,6-9,11H2,1-2H3,(H2,18,19,21). The van der Waals surface area contributed by atoms with E-state index in [1.165, 1.54) is 19.3 Å². The van der Waals surface area contributed by atoms with Gasteiger partial charge in [-0.1, -0.05) is 6.07 Å². The lowest BCUT2D eigenvalue weighted by Gasteiger charge is -2.17. The number of guanidine groups is 1. The molecule has 2 heterocycles. The number of imidazole rings is 1. The van der Waals surface area contributed by atoms with Crippen LogP contribution in [0.15, 0.2) is 35.6 Å². The van der Waals surface area contributed by atoms with Crippen molar-refractivity contribution < 1.29 is 0 Å². The third kappa shape index (κ3) is 4.19. The molecule has 0 amide bonds. The normalized spacial score (nSPS) is 21.7. The fourth-order valence-corrected chi connectivity index (χ4v) is 3.89. The summed E-state index contributed by atoms with van der Waals surface area (Å²) in [5, 5.41) is 7.74. The Morgan fingerprint density at radius 3 is 3.09 bits per heavy atom. The number of fused-ring (bicyclic) bond motifs is 1. The van der Waals surface area contributed by atoms with Gasteiger partial charge < -0.3 is 15.0 Å². The van der Waals surface area contributed by atoms with Gasteiger partial charge in [-0.2, -0.15) is 11.8 Å². The molecular weight excluding hydrogens is 306 g/mol. The minimum absolute atomic E-state index is 0.550. The number of rotatable bonds is 5. The van der Waals surface area contributed by atoms with E-state index in [9.17, 15) is 0 Å². The van der Waals surface area contributed by atoms with Crippen molar-refractivity contribution in [3.8, 4) is 0 Å². The molecule has 1 saturated carbocycles. The largest absolute Gasteiger partial charge is 0.356 e. The van der Waals surface area contributed by atoms with Crippen LogP contribution < -0.4 is 10.6 Å². The summed E-state index contributed by atoms with van der Waals surface area (Å²) in [6.07, 6.45) is 11.0. The van der Waals surface area contributed by atoms with Gasteiger partial charge in [0.15, 0.2) is 5.96 Å². The van der Waals surface area contributed by atoms with Gasteiger partial charge in [-0.05, 0) is 37.7 Å². The molecule has 0 aliphatic heterocycles. The van der Waals surface area contributed by atoms with Gasteiger partial charge in [0, 0.05) is 43.7 Å². The number of aromatic nitrogens is 2. The average Bonchev–Trinajstić information content (AvgIpc) is 3.19. The Balaban J connectivity index is 1.47. The smallest absolute Gasteiger partial charge is 0.191 e. The summed E-state index contributed by atoms with van der Waals surface area (Å²) in [6, 6.07) is 6.61. The van der Waals surface area contributed by atoms with Crippen LogP contribution in [-0.2, 0) is 6.42 Å². The summed E-state index contributed by atoms with van der Waals surface area (Å²) in [4.78, 5) is 8.96. The van der Waals surface area contributed by atoms with E-state index in [1.54, 1.807) is 0 Å². The molecular formula is C17H25N5S. The topological polar surface area (TPSA) is 53.7 Å². The molecule has 2 atom stereocenters. The highest BCUT2D eigenvalue weighted by atomic mass is 32.2. The molecule has 1 aliphatic carbocycles. The number of hydrogen-bond donors (Lipinski definition) is 2. The Morgan fingerprint density at radius 2 is 2.35 bits per heavy atom. The van der Waals surface area contributed by atoms with Gasteiger partial charge in [0.1, 0.15) is 5.65 Å². The van der Waals surface area contributed by atoms with E-state index < -0.39 is 0 Å². The molecule has 5 nitrogen and oxygen atoms in total. The summed E-state index contributed by atoms with van der Waals surface area (Å²) in [6.45, 7) is 0.836. The van der Waals surface area contributed by atoms with Gasteiger partial charge in [0.25, 0.3) is 0 Å². The van der Waals surface area contributed by atoms with Crippen molar-refractivity contribution in [3.05, 3.63) is 36.3 Å². The predicted octanol–water partition coefficient (Wildman–Crippen LogP) is 2.33. The van der Waals surface area contributed by atoms with Crippen LogP contribution in [0, 0.1) is 0 Å². The number of thioether (sulfide) groups is 1. The molecule has 3 rings (SSSR count). The second-order valence-corrected chi connectivity index (χ2v) is 7.10. The third-order valence-corrected chi connectivity index (χ3v) is 5.46. The highest BCUT2D eigenvalue weighted by Gasteiger charge is 2.24. The summed E-state index contributed by atoms with van der Waals surface area (Å²) in [5.74, 6) is 0.903. The van der Waals surface area contributed by atoms with E-state index in [0.717, 1.165) is 35.5 Å². The molecule has 0 radical (unpaired) electrons. The minimum Gasteiger partial charge on any atom is -0.356 e. The Morgan fingerprint density at radius 1 is 1.43 bits per heavy atom. The first-order valence-corrected chi connectivity index (χ1v) is 9.50. The molecule has 124 valence electrons. The molecule has 0 aromatic carbocycles. The molecule has 0 bridgehead atoms. The van der Waals surface area contributed by atoms with Crippen LogP contribution in [0.4, 0.5) is 0 Å². The second kappa shape index (κ2) is 7.73. The molecule has 2 aromatic heterocycles. The molecule has 2 aromatic rings. The van der Waals surface area contributed by atoms with Gasteiger partial charge in [0.05, 0.1) is 5.69 Å². The van der Waals surface area contributed by atoms with Crippen molar-refractivity contribution in [1.82, 2.24) is 20.0 Å². The van der Waals surface area contributed by atoms with Gasteiger partial charge in [-0.3, -0.25) is 4.99 Å². The van der Waals surface area contributed by atoms with E-state index in [0.29, 0.717) is 6.04 Å². The zero-order valence-corrected chi connectivity index (χ0v) is 14.6. The fourth-order valence-electron chi connectivity index (χ4n) is 3.09. The van der Waals surface area contributed by atoms with Crippen LogP contribution >= 0.6 is 11.8 Å². The molecule has 0 saturated heterocycles. The number of hydrogen-bond acceptors (Lipinski definition) is 3. The second-order valence-electron chi connectivity index (χ2n) is 5.96. The zero-order valence-electron chi connectivity index (χ0n) is 13.8. The maximum absolute atomic E-state index is 4.62. The molecule has 6 heteroatoms. The highest BCUT2D eigenvalue weighted by molar-refractivity contribution is 7.99. The van der Waals surface area contributed by atoms with Gasteiger partial charge in [-0.25, -0.2) is 4.98 Å². The SMILES string of the molecule is CN=C(NCCc1cn2ccccc2n1)NC1CCC(SC)C1. The predicted molar refractivity (Wildman–Crippen MR) is 98.3 cm³/mol. The van der Waals surface area contributed by atoms with Crippen molar-refractivity contribution in [1.29, 1.82) is 0 Å². The van der Waals surface area contributed by atoms with E-state index in [-0.39, 0.29) is 0 Å². The first kappa shape index (κ1) is 16.2. The summed E-state index contributed by atoms with van der Waals surface area (Å²) in [5.41, 5.74) is 2.10. The summed E-state index contributed by atoms with van der Waals surface area (Å²) < 4.78 is 2.06. The number of pyridine rings is 1. The van der Waals surface area contributed by atoms with Crippen molar-refractivity contribution in [2.24, 2.45) is 4.99 Å². The molecule has 1 aliphatic rings. The van der Waals surface area contributed by atoms with Gasteiger partial charge in [-0.15, -0.1) is 0 Å².